The smallest absolute Gasteiger partial charge is 0.253 e. The summed E-state index contributed by atoms with van der Waals surface area (Å²) < 4.78 is 2.15. The molecular weight excluding hydrogens is 446 g/mol. The van der Waals surface area contributed by atoms with E-state index in [0.717, 1.165) is 32.1 Å². The third-order valence-corrected chi connectivity index (χ3v) is 9.85. The van der Waals surface area contributed by atoms with Crippen molar-refractivity contribution in [1.82, 2.24) is 25.1 Å². The molecule has 4 aliphatic rings. The third-order valence-electron chi connectivity index (χ3n) is 9.65. The second kappa shape index (κ2) is 8.04. The van der Waals surface area contributed by atoms with E-state index in [4.69, 9.17) is 11.6 Å². The molecule has 6 atom stereocenters. The van der Waals surface area contributed by atoms with Crippen LogP contribution in [0.1, 0.15) is 69.2 Å². The standard InChI is InChI=1S/C27H32ClN5O/c1-26-10-7-19(32-25(34)17-9-12-30-31-14-17)13-18(26)3-4-20-21-5-6-23(33-15-24(28)29-16-33)27(21,2)11-8-22(20)26/h3,6,9,12,14-16,19-22H,4-5,7-8,10-11,13H2,1-2H3,(H,32,34)/t19-,20?,21?,22?,26-,27-/m0/s1. The summed E-state index contributed by atoms with van der Waals surface area (Å²) in [4.78, 5) is 16.9. The Hall–Kier alpha value is -2.47. The third kappa shape index (κ3) is 3.36. The second-order valence-electron chi connectivity index (χ2n) is 11.2. The molecule has 0 bridgehead atoms. The predicted octanol–water partition coefficient (Wildman–Crippen LogP) is 5.54. The van der Waals surface area contributed by atoms with E-state index in [9.17, 15) is 4.79 Å². The quantitative estimate of drug-likeness (QED) is 0.589. The van der Waals surface area contributed by atoms with E-state index in [0.29, 0.717) is 28.5 Å². The molecule has 2 heterocycles. The van der Waals surface area contributed by atoms with Crippen molar-refractivity contribution in [3.63, 3.8) is 0 Å². The number of halogens is 1. The van der Waals surface area contributed by atoms with Gasteiger partial charge in [-0.2, -0.15) is 10.2 Å². The fraction of sp³-hybridized carbons (Fsp3) is 0.556. The number of carbonyl (C=O) groups excluding carboxylic acids is 1. The van der Waals surface area contributed by atoms with Crippen molar-refractivity contribution < 1.29 is 4.79 Å². The van der Waals surface area contributed by atoms with E-state index in [1.165, 1.54) is 24.7 Å². The number of hydrogen-bond acceptors (Lipinski definition) is 4. The maximum Gasteiger partial charge on any atom is 0.253 e. The minimum absolute atomic E-state index is 0.0459. The maximum absolute atomic E-state index is 12.7. The summed E-state index contributed by atoms with van der Waals surface area (Å²) >= 11 is 6.14. The van der Waals surface area contributed by atoms with Crippen LogP contribution in [0.25, 0.3) is 5.70 Å². The highest BCUT2D eigenvalue weighted by atomic mass is 35.5. The zero-order valence-corrected chi connectivity index (χ0v) is 20.6. The Morgan fingerprint density at radius 1 is 1.12 bits per heavy atom. The summed E-state index contributed by atoms with van der Waals surface area (Å²) in [5.41, 5.74) is 3.94. The van der Waals surface area contributed by atoms with Gasteiger partial charge in [0, 0.05) is 23.4 Å². The minimum atomic E-state index is -0.0459. The van der Waals surface area contributed by atoms with Crippen LogP contribution in [-0.4, -0.2) is 31.7 Å². The van der Waals surface area contributed by atoms with Crippen LogP contribution in [0.2, 0.25) is 5.15 Å². The Morgan fingerprint density at radius 3 is 2.74 bits per heavy atom. The summed E-state index contributed by atoms with van der Waals surface area (Å²) in [7, 11) is 0. The fourth-order valence-corrected chi connectivity index (χ4v) is 8.00. The molecular formula is C27H32ClN5O. The van der Waals surface area contributed by atoms with Crippen molar-refractivity contribution in [2.75, 3.05) is 0 Å². The zero-order chi connectivity index (χ0) is 23.5. The molecule has 4 aliphatic carbocycles. The number of nitrogens with zero attached hydrogens (tertiary/aromatic N) is 4. The van der Waals surface area contributed by atoms with Gasteiger partial charge in [0.25, 0.3) is 5.91 Å². The molecule has 0 aliphatic heterocycles. The molecule has 2 aromatic heterocycles. The zero-order valence-electron chi connectivity index (χ0n) is 19.9. The molecule has 2 saturated carbocycles. The van der Waals surface area contributed by atoms with E-state index in [-0.39, 0.29) is 22.8 Å². The number of rotatable bonds is 3. The lowest BCUT2D eigenvalue weighted by molar-refractivity contribution is -0.0137. The first-order valence-corrected chi connectivity index (χ1v) is 12.9. The van der Waals surface area contributed by atoms with E-state index < -0.39 is 0 Å². The second-order valence-corrected chi connectivity index (χ2v) is 11.6. The van der Waals surface area contributed by atoms with Gasteiger partial charge in [-0.25, -0.2) is 4.98 Å². The van der Waals surface area contributed by atoms with Crippen LogP contribution in [0.5, 0.6) is 0 Å². The number of fused-ring (bicyclic) bond motifs is 5. The first-order valence-electron chi connectivity index (χ1n) is 12.6. The van der Waals surface area contributed by atoms with Gasteiger partial charge in [0.15, 0.2) is 0 Å². The summed E-state index contributed by atoms with van der Waals surface area (Å²) in [6.45, 7) is 4.96. The number of amides is 1. The van der Waals surface area contributed by atoms with E-state index in [2.05, 4.69) is 51.1 Å². The first kappa shape index (κ1) is 22.0. The first-order chi connectivity index (χ1) is 16.4. The topological polar surface area (TPSA) is 72.7 Å². The van der Waals surface area contributed by atoms with Gasteiger partial charge in [-0.1, -0.05) is 43.2 Å². The summed E-state index contributed by atoms with van der Waals surface area (Å²) in [5.74, 6) is 2.03. The average molecular weight is 478 g/mol. The Kier molecular flexibility index (Phi) is 5.21. The van der Waals surface area contributed by atoms with Gasteiger partial charge in [-0.05, 0) is 74.2 Å². The average Bonchev–Trinajstić information content (AvgIpc) is 3.42. The van der Waals surface area contributed by atoms with Crippen LogP contribution in [-0.2, 0) is 0 Å². The maximum atomic E-state index is 12.7. The van der Waals surface area contributed by atoms with E-state index in [1.807, 2.05) is 12.5 Å². The lowest BCUT2D eigenvalue weighted by Crippen LogP contribution is -2.51. The van der Waals surface area contributed by atoms with Gasteiger partial charge >= 0.3 is 0 Å². The number of nitrogens with one attached hydrogen (secondary N) is 1. The van der Waals surface area contributed by atoms with Crippen molar-refractivity contribution in [3.8, 4) is 0 Å². The van der Waals surface area contributed by atoms with Crippen molar-refractivity contribution >= 4 is 23.2 Å². The Bertz CT molecular complexity index is 1170. The summed E-state index contributed by atoms with van der Waals surface area (Å²) in [5, 5.41) is 11.4. The predicted molar refractivity (Wildman–Crippen MR) is 132 cm³/mol. The van der Waals surface area contributed by atoms with Gasteiger partial charge in [0.05, 0.1) is 18.0 Å². The van der Waals surface area contributed by atoms with Crippen LogP contribution in [0.15, 0.2) is 48.7 Å². The van der Waals surface area contributed by atoms with Gasteiger partial charge in [0.1, 0.15) is 11.5 Å². The van der Waals surface area contributed by atoms with Crippen LogP contribution < -0.4 is 5.32 Å². The van der Waals surface area contributed by atoms with E-state index >= 15 is 0 Å². The molecule has 1 N–H and O–H groups in total. The summed E-state index contributed by atoms with van der Waals surface area (Å²) in [6.07, 6.45) is 19.8. The van der Waals surface area contributed by atoms with Crippen molar-refractivity contribution in [2.45, 2.75) is 64.8 Å². The number of imidazole rings is 1. The number of hydrogen-bond donors (Lipinski definition) is 1. The lowest BCUT2D eigenvalue weighted by Gasteiger charge is -2.58. The molecule has 0 spiro atoms. The minimum Gasteiger partial charge on any atom is -0.349 e. The number of allylic oxidation sites excluding steroid dienone is 3. The highest BCUT2D eigenvalue weighted by molar-refractivity contribution is 6.29. The molecule has 6 nitrogen and oxygen atoms in total. The monoisotopic (exact) mass is 477 g/mol. The molecule has 34 heavy (non-hydrogen) atoms. The molecule has 6 rings (SSSR count). The molecule has 178 valence electrons. The van der Waals surface area contributed by atoms with Gasteiger partial charge in [-0.3, -0.25) is 4.79 Å². The Balaban J connectivity index is 1.20. The lowest BCUT2D eigenvalue weighted by atomic mass is 9.47. The largest absolute Gasteiger partial charge is 0.349 e. The van der Waals surface area contributed by atoms with Crippen molar-refractivity contribution in [2.24, 2.45) is 28.6 Å². The van der Waals surface area contributed by atoms with Crippen LogP contribution in [0, 0.1) is 28.6 Å². The van der Waals surface area contributed by atoms with Gasteiger partial charge in [0.2, 0.25) is 0 Å². The highest BCUT2D eigenvalue weighted by Gasteiger charge is 2.57. The molecule has 1 amide bonds. The van der Waals surface area contributed by atoms with Crippen molar-refractivity contribution in [1.29, 1.82) is 0 Å². The van der Waals surface area contributed by atoms with Crippen LogP contribution in [0.3, 0.4) is 0 Å². The highest BCUT2D eigenvalue weighted by Crippen LogP contribution is 2.65. The molecule has 7 heteroatoms. The Morgan fingerprint density at radius 2 is 1.97 bits per heavy atom. The molecule has 2 aromatic rings. The van der Waals surface area contributed by atoms with Gasteiger partial charge in [-0.15, -0.1) is 0 Å². The van der Waals surface area contributed by atoms with Crippen molar-refractivity contribution in [3.05, 3.63) is 59.4 Å². The molecule has 0 aromatic carbocycles. The molecule has 2 fully saturated rings. The van der Waals surface area contributed by atoms with Crippen LogP contribution >= 0.6 is 11.6 Å². The molecule has 3 unspecified atom stereocenters. The van der Waals surface area contributed by atoms with E-state index in [1.54, 1.807) is 17.8 Å². The van der Waals surface area contributed by atoms with Crippen LogP contribution in [0.4, 0.5) is 0 Å². The normalized spacial score (nSPS) is 36.6. The Labute approximate surface area is 205 Å². The number of aromatic nitrogens is 4. The number of carbonyl (C=O) groups is 1. The van der Waals surface area contributed by atoms with Gasteiger partial charge < -0.3 is 9.88 Å². The molecule has 0 radical (unpaired) electrons. The molecule has 0 saturated heterocycles. The summed E-state index contributed by atoms with van der Waals surface area (Å²) in [6, 6.07) is 1.91. The fourth-order valence-electron chi connectivity index (χ4n) is 7.85. The SMILES string of the molecule is C[C@]12CC[C@H](NC(=O)c3ccnnc3)CC1=CCC1C2CC[C@]2(C)C(n3cnc(Cl)c3)=CCC12.